The molecule has 0 radical (unpaired) electrons. The first-order valence-corrected chi connectivity index (χ1v) is 9.76. The van der Waals surface area contributed by atoms with Gasteiger partial charge in [-0.3, -0.25) is 0 Å². The molecule has 0 amide bonds. The van der Waals surface area contributed by atoms with Crippen LogP contribution < -0.4 is 5.32 Å². The highest BCUT2D eigenvalue weighted by atomic mass is 32.2. The summed E-state index contributed by atoms with van der Waals surface area (Å²) in [7, 11) is -1.73. The average molecular weight is 331 g/mol. The van der Waals surface area contributed by atoms with E-state index in [-0.39, 0.29) is 5.54 Å². The van der Waals surface area contributed by atoms with E-state index in [0.717, 1.165) is 23.4 Å². The predicted octanol–water partition coefficient (Wildman–Crippen LogP) is 3.12. The maximum atomic E-state index is 12.8. The summed E-state index contributed by atoms with van der Waals surface area (Å²) in [5.41, 5.74) is 0.692. The Morgan fingerprint density at radius 2 is 2.05 bits per heavy atom. The predicted molar refractivity (Wildman–Crippen MR) is 88.2 cm³/mol. The molecule has 0 spiro atoms. The van der Waals surface area contributed by atoms with Gasteiger partial charge in [0.2, 0.25) is 0 Å². The molecule has 1 N–H and O–H groups in total. The van der Waals surface area contributed by atoms with Gasteiger partial charge in [-0.1, -0.05) is 6.92 Å². The molecular weight excluding hydrogens is 304 g/mol. The van der Waals surface area contributed by atoms with E-state index in [0.29, 0.717) is 10.3 Å². The highest BCUT2D eigenvalue weighted by molar-refractivity contribution is 7.91. The summed E-state index contributed by atoms with van der Waals surface area (Å²) in [5, 5.41) is 3.45. The van der Waals surface area contributed by atoms with E-state index >= 15 is 0 Å². The lowest BCUT2D eigenvalue weighted by atomic mass is 10.0. The molecule has 1 fully saturated rings. The number of sulfonamides is 1. The van der Waals surface area contributed by atoms with E-state index in [2.05, 4.69) is 5.32 Å². The molecule has 21 heavy (non-hydrogen) atoms. The Morgan fingerprint density at radius 1 is 1.43 bits per heavy atom. The number of thiophene rings is 1. The van der Waals surface area contributed by atoms with E-state index in [9.17, 15) is 8.42 Å². The van der Waals surface area contributed by atoms with Gasteiger partial charge in [0.25, 0.3) is 10.0 Å². The van der Waals surface area contributed by atoms with Crippen molar-refractivity contribution < 1.29 is 8.42 Å². The number of rotatable bonds is 7. The standard InChI is InChI=1S/C15H26N2O2S2/c1-6-15(3,4)17(5)21(18,19)14-9-11(2)13(20-14)10-16-12-7-8-12/h9,12,16H,6-8,10H2,1-5H3. The molecule has 4 nitrogen and oxygen atoms in total. The Bertz CT molecular complexity index is 601. The summed E-state index contributed by atoms with van der Waals surface area (Å²) >= 11 is 1.40. The lowest BCUT2D eigenvalue weighted by molar-refractivity contribution is 0.257. The minimum absolute atomic E-state index is 0.372. The summed E-state index contributed by atoms with van der Waals surface area (Å²) in [4.78, 5) is 1.13. The Kier molecular flexibility index (Phi) is 4.83. The molecule has 0 aliphatic heterocycles. The number of hydrogen-bond donors (Lipinski definition) is 1. The zero-order chi connectivity index (χ0) is 15.8. The van der Waals surface area contributed by atoms with Crippen LogP contribution in [-0.4, -0.2) is 31.4 Å². The van der Waals surface area contributed by atoms with E-state index in [1.807, 2.05) is 33.8 Å². The number of aryl methyl sites for hydroxylation is 1. The first kappa shape index (κ1) is 16.9. The van der Waals surface area contributed by atoms with Crippen molar-refractivity contribution in [2.45, 2.75) is 69.3 Å². The lowest BCUT2D eigenvalue weighted by Crippen LogP contribution is -2.44. The van der Waals surface area contributed by atoms with E-state index in [1.54, 1.807) is 7.05 Å². The van der Waals surface area contributed by atoms with Crippen LogP contribution in [0.15, 0.2) is 10.3 Å². The topological polar surface area (TPSA) is 49.4 Å². The summed E-state index contributed by atoms with van der Waals surface area (Å²) in [6.45, 7) is 8.69. The second kappa shape index (κ2) is 5.99. The van der Waals surface area contributed by atoms with Crippen molar-refractivity contribution in [2.24, 2.45) is 0 Å². The molecule has 1 saturated carbocycles. The van der Waals surface area contributed by atoms with Crippen LogP contribution in [0.3, 0.4) is 0 Å². The first-order chi connectivity index (χ1) is 9.68. The molecule has 1 aromatic heterocycles. The molecule has 120 valence electrons. The van der Waals surface area contributed by atoms with Crippen LogP contribution in [0.2, 0.25) is 0 Å². The second-order valence-corrected chi connectivity index (χ2v) is 9.80. The van der Waals surface area contributed by atoms with Crippen molar-refractivity contribution in [2.75, 3.05) is 7.05 Å². The summed E-state index contributed by atoms with van der Waals surface area (Å²) < 4.78 is 27.5. The molecule has 0 aromatic carbocycles. The van der Waals surface area contributed by atoms with Gasteiger partial charge in [-0.15, -0.1) is 11.3 Å². The summed E-state index contributed by atoms with van der Waals surface area (Å²) in [6.07, 6.45) is 3.26. The molecule has 1 aliphatic carbocycles. The third-order valence-corrected chi connectivity index (χ3v) is 8.21. The molecule has 6 heteroatoms. The van der Waals surface area contributed by atoms with Crippen LogP contribution in [-0.2, 0) is 16.6 Å². The SMILES string of the molecule is CCC(C)(C)N(C)S(=O)(=O)c1cc(C)c(CNC2CC2)s1. The molecule has 0 atom stereocenters. The molecule has 0 unspecified atom stereocenters. The van der Waals surface area contributed by atoms with E-state index in [1.165, 1.54) is 28.5 Å². The summed E-state index contributed by atoms with van der Waals surface area (Å²) in [6, 6.07) is 2.44. The molecule has 2 rings (SSSR count). The third kappa shape index (κ3) is 3.67. The van der Waals surface area contributed by atoms with Crippen molar-refractivity contribution >= 4 is 21.4 Å². The zero-order valence-corrected chi connectivity index (χ0v) is 15.2. The van der Waals surface area contributed by atoms with Crippen molar-refractivity contribution in [3.05, 3.63) is 16.5 Å². The van der Waals surface area contributed by atoms with Gasteiger partial charge in [-0.2, -0.15) is 4.31 Å². The van der Waals surface area contributed by atoms with Crippen LogP contribution in [0.5, 0.6) is 0 Å². The number of nitrogens with zero attached hydrogens (tertiary/aromatic N) is 1. The van der Waals surface area contributed by atoms with Crippen LogP contribution in [0.1, 0.15) is 50.5 Å². The van der Waals surface area contributed by atoms with Crippen molar-refractivity contribution in [3.8, 4) is 0 Å². The van der Waals surface area contributed by atoms with E-state index in [4.69, 9.17) is 0 Å². The van der Waals surface area contributed by atoms with Gasteiger partial charge in [0.1, 0.15) is 4.21 Å². The van der Waals surface area contributed by atoms with Gasteiger partial charge in [0.05, 0.1) is 0 Å². The van der Waals surface area contributed by atoms with Crippen molar-refractivity contribution in [1.29, 1.82) is 0 Å². The van der Waals surface area contributed by atoms with Crippen LogP contribution in [0.25, 0.3) is 0 Å². The maximum absolute atomic E-state index is 12.8. The summed E-state index contributed by atoms with van der Waals surface area (Å²) in [5.74, 6) is 0. The smallest absolute Gasteiger partial charge is 0.252 e. The Balaban J connectivity index is 2.21. The van der Waals surface area contributed by atoms with Crippen LogP contribution in [0, 0.1) is 6.92 Å². The normalized spacial score (nSPS) is 16.7. The van der Waals surface area contributed by atoms with Gasteiger partial charge in [-0.25, -0.2) is 8.42 Å². The average Bonchev–Trinajstić information content (AvgIpc) is 3.18. The van der Waals surface area contributed by atoms with Crippen LogP contribution in [0.4, 0.5) is 0 Å². The second-order valence-electron chi connectivity index (χ2n) is 6.47. The fraction of sp³-hybridized carbons (Fsp3) is 0.733. The zero-order valence-electron chi connectivity index (χ0n) is 13.6. The molecule has 1 aromatic rings. The molecule has 1 aliphatic rings. The number of hydrogen-bond acceptors (Lipinski definition) is 4. The Labute approximate surface area is 132 Å². The van der Waals surface area contributed by atoms with Gasteiger partial charge >= 0.3 is 0 Å². The third-order valence-electron chi connectivity index (χ3n) is 4.46. The maximum Gasteiger partial charge on any atom is 0.252 e. The molecular formula is C15H26N2O2S2. The van der Waals surface area contributed by atoms with Crippen molar-refractivity contribution in [1.82, 2.24) is 9.62 Å². The molecule has 1 heterocycles. The highest BCUT2D eigenvalue weighted by Crippen LogP contribution is 2.32. The Hall–Kier alpha value is -0.430. The fourth-order valence-corrected chi connectivity index (χ4v) is 5.29. The van der Waals surface area contributed by atoms with Gasteiger partial charge in [0, 0.05) is 30.1 Å². The molecule has 0 bridgehead atoms. The van der Waals surface area contributed by atoms with Gasteiger partial charge in [-0.05, 0) is 51.7 Å². The lowest BCUT2D eigenvalue weighted by Gasteiger charge is -2.33. The van der Waals surface area contributed by atoms with Gasteiger partial charge < -0.3 is 5.32 Å². The highest BCUT2D eigenvalue weighted by Gasteiger charge is 2.34. The Morgan fingerprint density at radius 3 is 2.57 bits per heavy atom. The molecule has 0 saturated heterocycles. The van der Waals surface area contributed by atoms with E-state index < -0.39 is 10.0 Å². The minimum Gasteiger partial charge on any atom is -0.309 e. The minimum atomic E-state index is -3.41. The largest absolute Gasteiger partial charge is 0.309 e. The van der Waals surface area contributed by atoms with Crippen molar-refractivity contribution in [3.63, 3.8) is 0 Å². The fourth-order valence-electron chi connectivity index (χ4n) is 2.00. The monoisotopic (exact) mass is 330 g/mol. The quantitative estimate of drug-likeness (QED) is 0.835. The van der Waals surface area contributed by atoms with Crippen LogP contribution >= 0.6 is 11.3 Å². The van der Waals surface area contributed by atoms with Gasteiger partial charge in [0.15, 0.2) is 0 Å². The number of nitrogens with one attached hydrogen (secondary N) is 1. The first-order valence-electron chi connectivity index (χ1n) is 7.50.